The third-order valence-corrected chi connectivity index (χ3v) is 7.97. The fourth-order valence-corrected chi connectivity index (χ4v) is 5.13. The third-order valence-electron chi connectivity index (χ3n) is 6.67. The number of hydrogen-bond acceptors (Lipinski definition) is 2. The van der Waals surface area contributed by atoms with E-state index in [4.69, 9.17) is 0 Å². The van der Waals surface area contributed by atoms with E-state index >= 15 is 0 Å². The summed E-state index contributed by atoms with van der Waals surface area (Å²) in [5.74, 6) is 2.38. The second-order valence-electron chi connectivity index (χ2n) is 9.22. The highest BCUT2D eigenvalue weighted by atomic mass is 32.2. The van der Waals surface area contributed by atoms with E-state index in [2.05, 4.69) is 38.5 Å². The van der Waals surface area contributed by atoms with Crippen LogP contribution in [0.1, 0.15) is 85.1 Å². The van der Waals surface area contributed by atoms with Crippen molar-refractivity contribution in [2.24, 2.45) is 17.8 Å². The molecule has 0 spiro atoms. The Morgan fingerprint density at radius 3 is 2.63 bits per heavy atom. The van der Waals surface area contributed by atoms with Crippen LogP contribution < -0.4 is 4.72 Å². The number of nitrogens with one attached hydrogen (secondary N) is 1. The maximum Gasteiger partial charge on any atom is 0.232 e. The van der Waals surface area contributed by atoms with Crippen LogP contribution in [0.15, 0.2) is 24.3 Å². The van der Waals surface area contributed by atoms with E-state index in [0.717, 1.165) is 11.8 Å². The normalized spacial score (nSPS) is 26.3. The molecule has 1 aliphatic rings. The quantitative estimate of drug-likeness (QED) is 0.496. The molecule has 3 unspecified atom stereocenters. The Labute approximate surface area is 167 Å². The summed E-state index contributed by atoms with van der Waals surface area (Å²) in [5, 5.41) is 0. The van der Waals surface area contributed by atoms with Crippen molar-refractivity contribution in [3.8, 4) is 0 Å². The monoisotopic (exact) mass is 393 g/mol. The molecule has 0 bridgehead atoms. The van der Waals surface area contributed by atoms with Gasteiger partial charge in [-0.2, -0.15) is 0 Å². The van der Waals surface area contributed by atoms with Gasteiger partial charge in [-0.3, -0.25) is 4.72 Å². The first-order valence-corrected chi connectivity index (χ1v) is 12.4. The Morgan fingerprint density at radius 2 is 2.00 bits per heavy atom. The van der Waals surface area contributed by atoms with Crippen LogP contribution >= 0.6 is 0 Å². The summed E-state index contributed by atoms with van der Waals surface area (Å²) in [6, 6.07) is 8.06. The van der Waals surface area contributed by atoms with Gasteiger partial charge in [0.2, 0.25) is 10.0 Å². The topological polar surface area (TPSA) is 46.2 Å². The lowest BCUT2D eigenvalue weighted by Gasteiger charge is -2.44. The Balaban J connectivity index is 2.00. The SMILES string of the molecule is CCS(=O)(=O)Nc1cccc(C2(C)CCC(CCCCC(C)C)CC2C)c1. The third kappa shape index (κ3) is 6.23. The number of benzene rings is 1. The molecule has 0 aromatic heterocycles. The molecule has 1 saturated carbocycles. The van der Waals surface area contributed by atoms with Gasteiger partial charge >= 0.3 is 0 Å². The fraction of sp³-hybridized carbons (Fsp3) is 0.739. The maximum absolute atomic E-state index is 11.9. The van der Waals surface area contributed by atoms with Crippen LogP contribution in [0.2, 0.25) is 0 Å². The van der Waals surface area contributed by atoms with Crippen molar-refractivity contribution >= 4 is 15.7 Å². The van der Waals surface area contributed by atoms with E-state index in [1.54, 1.807) is 6.92 Å². The molecule has 1 aromatic rings. The summed E-state index contributed by atoms with van der Waals surface area (Å²) < 4.78 is 26.5. The number of hydrogen-bond donors (Lipinski definition) is 1. The first kappa shape index (κ1) is 22.3. The molecule has 1 N–H and O–H groups in total. The highest BCUT2D eigenvalue weighted by molar-refractivity contribution is 7.92. The van der Waals surface area contributed by atoms with Crippen molar-refractivity contribution in [2.45, 2.75) is 85.0 Å². The molecule has 0 heterocycles. The van der Waals surface area contributed by atoms with Gasteiger partial charge in [0.15, 0.2) is 0 Å². The molecule has 3 atom stereocenters. The summed E-state index contributed by atoms with van der Waals surface area (Å²) in [5.41, 5.74) is 2.09. The summed E-state index contributed by atoms with van der Waals surface area (Å²) >= 11 is 0. The minimum Gasteiger partial charge on any atom is -0.284 e. The lowest BCUT2D eigenvalue weighted by molar-refractivity contribution is 0.158. The first-order chi connectivity index (χ1) is 12.7. The molecule has 0 saturated heterocycles. The molecule has 1 fully saturated rings. The number of anilines is 1. The maximum atomic E-state index is 11.9. The number of sulfonamides is 1. The van der Waals surface area contributed by atoms with Crippen molar-refractivity contribution in [1.29, 1.82) is 0 Å². The van der Waals surface area contributed by atoms with Crippen LogP contribution in [-0.4, -0.2) is 14.2 Å². The van der Waals surface area contributed by atoms with Crippen LogP contribution in [0.5, 0.6) is 0 Å². The van der Waals surface area contributed by atoms with Crippen LogP contribution in [0.3, 0.4) is 0 Å². The number of unbranched alkanes of at least 4 members (excludes halogenated alkanes) is 1. The van der Waals surface area contributed by atoms with Crippen molar-refractivity contribution in [3.05, 3.63) is 29.8 Å². The van der Waals surface area contributed by atoms with E-state index < -0.39 is 10.0 Å². The summed E-state index contributed by atoms with van der Waals surface area (Å²) in [4.78, 5) is 0. The van der Waals surface area contributed by atoms with E-state index in [0.29, 0.717) is 11.6 Å². The number of rotatable bonds is 9. The minimum atomic E-state index is -3.23. The molecule has 1 aliphatic carbocycles. The zero-order chi connectivity index (χ0) is 20.1. The Hall–Kier alpha value is -1.03. The van der Waals surface area contributed by atoms with Gasteiger partial charge < -0.3 is 0 Å². The fourth-order valence-electron chi connectivity index (χ4n) is 4.49. The minimum absolute atomic E-state index is 0.101. The largest absolute Gasteiger partial charge is 0.284 e. The molecule has 0 amide bonds. The standard InChI is InChI=1S/C23H39NO2S/c1-6-27(25,26)24-22-13-9-12-21(17-22)23(5)15-14-20(16-19(23)4)11-8-7-10-18(2)3/h9,12-13,17-20,24H,6-8,10-11,14-16H2,1-5H3. The molecule has 4 heteroatoms. The van der Waals surface area contributed by atoms with Crippen molar-refractivity contribution in [1.82, 2.24) is 0 Å². The van der Waals surface area contributed by atoms with Gasteiger partial charge in [0.1, 0.15) is 0 Å². The second kappa shape index (κ2) is 9.45. The Bertz CT molecular complexity index is 698. The molecular formula is C23H39NO2S. The zero-order valence-corrected chi connectivity index (χ0v) is 18.7. The van der Waals surface area contributed by atoms with Gasteiger partial charge in [0, 0.05) is 5.69 Å². The smallest absolute Gasteiger partial charge is 0.232 e. The molecule has 154 valence electrons. The molecule has 3 nitrogen and oxygen atoms in total. The van der Waals surface area contributed by atoms with Gasteiger partial charge in [-0.15, -0.1) is 0 Å². The highest BCUT2D eigenvalue weighted by Crippen LogP contribution is 2.47. The Kier molecular flexibility index (Phi) is 7.79. The first-order valence-electron chi connectivity index (χ1n) is 10.8. The van der Waals surface area contributed by atoms with Crippen LogP contribution in [0.4, 0.5) is 5.69 Å². The van der Waals surface area contributed by atoms with Crippen LogP contribution in [0, 0.1) is 17.8 Å². The van der Waals surface area contributed by atoms with Crippen molar-refractivity contribution < 1.29 is 8.42 Å². The Morgan fingerprint density at radius 1 is 1.26 bits per heavy atom. The van der Waals surface area contributed by atoms with Crippen molar-refractivity contribution in [2.75, 3.05) is 10.5 Å². The van der Waals surface area contributed by atoms with Gasteiger partial charge in [-0.1, -0.05) is 65.5 Å². The summed E-state index contributed by atoms with van der Waals surface area (Å²) in [7, 11) is -3.23. The lowest BCUT2D eigenvalue weighted by Crippen LogP contribution is -2.36. The molecule has 0 radical (unpaired) electrons. The summed E-state index contributed by atoms with van der Waals surface area (Å²) in [6.07, 6.45) is 9.19. The van der Waals surface area contributed by atoms with Crippen molar-refractivity contribution in [3.63, 3.8) is 0 Å². The molecule has 0 aliphatic heterocycles. The molecule has 2 rings (SSSR count). The molecule has 1 aromatic carbocycles. The van der Waals surface area contributed by atoms with E-state index in [-0.39, 0.29) is 11.2 Å². The van der Waals surface area contributed by atoms with Gasteiger partial charge in [0.05, 0.1) is 5.75 Å². The van der Waals surface area contributed by atoms with E-state index in [1.807, 2.05) is 18.2 Å². The van der Waals surface area contributed by atoms with Gasteiger partial charge in [0.25, 0.3) is 0 Å². The van der Waals surface area contributed by atoms with Crippen LogP contribution in [0.25, 0.3) is 0 Å². The average Bonchev–Trinajstić information content (AvgIpc) is 2.61. The van der Waals surface area contributed by atoms with Gasteiger partial charge in [-0.05, 0) is 67.1 Å². The predicted molar refractivity (Wildman–Crippen MR) is 117 cm³/mol. The highest BCUT2D eigenvalue weighted by Gasteiger charge is 2.38. The predicted octanol–water partition coefficient (Wildman–Crippen LogP) is 6.36. The lowest BCUT2D eigenvalue weighted by atomic mass is 9.61. The van der Waals surface area contributed by atoms with Gasteiger partial charge in [-0.25, -0.2) is 8.42 Å². The van der Waals surface area contributed by atoms with E-state index in [9.17, 15) is 8.42 Å². The second-order valence-corrected chi connectivity index (χ2v) is 11.2. The molecular weight excluding hydrogens is 354 g/mol. The van der Waals surface area contributed by atoms with Crippen LogP contribution in [-0.2, 0) is 15.4 Å². The average molecular weight is 394 g/mol. The van der Waals surface area contributed by atoms with E-state index in [1.165, 1.54) is 50.5 Å². The molecule has 27 heavy (non-hydrogen) atoms. The zero-order valence-electron chi connectivity index (χ0n) is 17.9. The summed E-state index contributed by atoms with van der Waals surface area (Å²) in [6.45, 7) is 11.0.